The predicted molar refractivity (Wildman–Crippen MR) is 112 cm³/mol. The van der Waals surface area contributed by atoms with Gasteiger partial charge in [0.15, 0.2) is 9.84 Å². The molecule has 0 amide bonds. The summed E-state index contributed by atoms with van der Waals surface area (Å²) in [6, 6.07) is 3.09. The van der Waals surface area contributed by atoms with Crippen LogP contribution in [0.5, 0.6) is 5.75 Å². The van der Waals surface area contributed by atoms with Crippen LogP contribution in [0, 0.1) is 5.82 Å². The smallest absolute Gasteiger partial charge is 0.187 e. The van der Waals surface area contributed by atoms with E-state index in [9.17, 15) is 12.8 Å². The second kappa shape index (κ2) is 8.32. The summed E-state index contributed by atoms with van der Waals surface area (Å²) in [7, 11) is 0.282. The Morgan fingerprint density at radius 2 is 1.97 bits per heavy atom. The number of ether oxygens (including phenoxy) is 1. The van der Waals surface area contributed by atoms with Gasteiger partial charge in [0.05, 0.1) is 0 Å². The molecule has 8 heteroatoms. The summed E-state index contributed by atoms with van der Waals surface area (Å²) in [5, 5.41) is 2.19. The minimum Gasteiger partial charge on any atom is -0.488 e. The van der Waals surface area contributed by atoms with Crippen molar-refractivity contribution in [3.63, 3.8) is 0 Å². The Morgan fingerprint density at radius 3 is 2.62 bits per heavy atom. The lowest BCUT2D eigenvalue weighted by atomic mass is 9.91. The van der Waals surface area contributed by atoms with E-state index in [0.29, 0.717) is 10.8 Å². The quantitative estimate of drug-likeness (QED) is 0.642. The molecule has 2 saturated carbocycles. The largest absolute Gasteiger partial charge is 0.488 e. The lowest BCUT2D eigenvalue weighted by Crippen LogP contribution is -2.44. The van der Waals surface area contributed by atoms with E-state index in [1.807, 2.05) is 14.1 Å². The molecule has 2 aliphatic carbocycles. The molecule has 0 bridgehead atoms. The van der Waals surface area contributed by atoms with Gasteiger partial charge < -0.3 is 9.64 Å². The van der Waals surface area contributed by atoms with E-state index in [-0.39, 0.29) is 28.7 Å². The summed E-state index contributed by atoms with van der Waals surface area (Å²) in [6.07, 6.45) is 7.76. The monoisotopic (exact) mass is 438 g/mol. The SMILES string of the molecule is CN(C)[C@@H]1CCCC[C@H]1Oc1cc(F)c(S(=O)(=O)Cc2nccs2)cc1C1CC1. The lowest BCUT2D eigenvalue weighted by molar-refractivity contribution is 0.0612. The molecule has 4 rings (SSSR count). The maximum absolute atomic E-state index is 15.0. The second-order valence-electron chi connectivity index (χ2n) is 8.25. The summed E-state index contributed by atoms with van der Waals surface area (Å²) < 4.78 is 47.0. The number of sulfone groups is 1. The summed E-state index contributed by atoms with van der Waals surface area (Å²) >= 11 is 1.26. The number of nitrogens with zero attached hydrogens (tertiary/aromatic N) is 2. The topological polar surface area (TPSA) is 59.5 Å². The zero-order chi connectivity index (χ0) is 20.6. The molecule has 0 unspecified atom stereocenters. The first-order valence-electron chi connectivity index (χ1n) is 10.1. The molecule has 2 aliphatic rings. The van der Waals surface area contributed by atoms with Gasteiger partial charge in [-0.1, -0.05) is 6.42 Å². The number of hydrogen-bond acceptors (Lipinski definition) is 6. The van der Waals surface area contributed by atoms with E-state index < -0.39 is 15.7 Å². The first kappa shape index (κ1) is 20.8. The molecular formula is C21H27FN2O3S2. The number of rotatable bonds is 7. The molecule has 1 heterocycles. The fraction of sp³-hybridized carbons (Fsp3) is 0.571. The standard InChI is InChI=1S/C21H27FN2O3S2/c1-24(2)17-5-3-4-6-18(17)27-19-12-16(22)20(11-15(19)14-7-8-14)29(25,26)13-21-23-9-10-28-21/h9-12,14,17-18H,3-8,13H2,1-2H3/t17-,18-/m1/s1. The Morgan fingerprint density at radius 1 is 1.21 bits per heavy atom. The first-order valence-corrected chi connectivity index (χ1v) is 12.7. The lowest BCUT2D eigenvalue weighted by Gasteiger charge is -2.36. The highest BCUT2D eigenvalue weighted by atomic mass is 32.2. The van der Waals surface area contributed by atoms with Crippen LogP contribution in [0.3, 0.4) is 0 Å². The van der Waals surface area contributed by atoms with Crippen molar-refractivity contribution in [3.8, 4) is 5.75 Å². The minimum atomic E-state index is -3.81. The van der Waals surface area contributed by atoms with Crippen molar-refractivity contribution < 1.29 is 17.5 Å². The minimum absolute atomic E-state index is 0.00609. The molecule has 2 fully saturated rings. The molecular weight excluding hydrogens is 411 g/mol. The summed E-state index contributed by atoms with van der Waals surface area (Å²) in [4.78, 5) is 5.96. The van der Waals surface area contributed by atoms with Gasteiger partial charge in [0, 0.05) is 23.7 Å². The van der Waals surface area contributed by atoms with Crippen LogP contribution < -0.4 is 4.74 Å². The molecule has 5 nitrogen and oxygen atoms in total. The van der Waals surface area contributed by atoms with Crippen molar-refractivity contribution in [2.24, 2.45) is 0 Å². The van der Waals surface area contributed by atoms with Crippen molar-refractivity contribution >= 4 is 21.2 Å². The van der Waals surface area contributed by atoms with Crippen LogP contribution in [-0.2, 0) is 15.6 Å². The molecule has 29 heavy (non-hydrogen) atoms. The fourth-order valence-corrected chi connectivity index (χ4v) is 6.49. The van der Waals surface area contributed by atoms with E-state index in [1.165, 1.54) is 29.9 Å². The van der Waals surface area contributed by atoms with Gasteiger partial charge in [-0.2, -0.15) is 0 Å². The highest BCUT2D eigenvalue weighted by Gasteiger charge is 2.34. The normalized spacial score (nSPS) is 22.8. The molecule has 0 saturated heterocycles. The van der Waals surface area contributed by atoms with Gasteiger partial charge in [0.25, 0.3) is 0 Å². The van der Waals surface area contributed by atoms with Crippen LogP contribution in [0.2, 0.25) is 0 Å². The van der Waals surface area contributed by atoms with Crippen molar-refractivity contribution in [3.05, 3.63) is 40.1 Å². The van der Waals surface area contributed by atoms with E-state index in [2.05, 4.69) is 9.88 Å². The van der Waals surface area contributed by atoms with Gasteiger partial charge in [-0.15, -0.1) is 11.3 Å². The molecule has 0 radical (unpaired) electrons. The Bertz CT molecular complexity index is 957. The first-order chi connectivity index (χ1) is 13.8. The Balaban J connectivity index is 1.65. The number of benzene rings is 1. The third kappa shape index (κ3) is 4.64. The molecule has 1 aromatic carbocycles. The van der Waals surface area contributed by atoms with Gasteiger partial charge in [-0.05, 0) is 63.7 Å². The number of hydrogen-bond donors (Lipinski definition) is 0. The molecule has 1 aromatic heterocycles. The van der Waals surface area contributed by atoms with E-state index in [1.54, 1.807) is 11.6 Å². The molecule has 2 aromatic rings. The average Bonchev–Trinajstić information content (AvgIpc) is 3.38. The summed E-state index contributed by atoms with van der Waals surface area (Å²) in [6.45, 7) is 0. The number of aromatic nitrogens is 1. The second-order valence-corrected chi connectivity index (χ2v) is 11.2. The Kier molecular flexibility index (Phi) is 5.95. The fourth-order valence-electron chi connectivity index (χ4n) is 4.14. The summed E-state index contributed by atoms with van der Waals surface area (Å²) in [5.74, 6) is -0.257. The zero-order valence-electron chi connectivity index (χ0n) is 16.8. The maximum atomic E-state index is 15.0. The van der Waals surface area contributed by atoms with Gasteiger partial charge in [0.2, 0.25) is 0 Å². The third-order valence-electron chi connectivity index (χ3n) is 5.82. The van der Waals surface area contributed by atoms with Crippen molar-refractivity contribution in [1.29, 1.82) is 0 Å². The highest BCUT2D eigenvalue weighted by molar-refractivity contribution is 7.90. The Hall–Kier alpha value is -1.51. The van der Waals surface area contributed by atoms with Crippen LogP contribution in [0.4, 0.5) is 4.39 Å². The van der Waals surface area contributed by atoms with Gasteiger partial charge in [0.1, 0.15) is 33.3 Å². The van der Waals surface area contributed by atoms with E-state index in [4.69, 9.17) is 4.74 Å². The zero-order valence-corrected chi connectivity index (χ0v) is 18.4. The molecule has 0 N–H and O–H groups in total. The van der Waals surface area contributed by atoms with Crippen LogP contribution in [0.1, 0.15) is 55.0 Å². The van der Waals surface area contributed by atoms with E-state index in [0.717, 1.165) is 37.7 Å². The predicted octanol–water partition coefficient (Wildman–Crippen LogP) is 4.39. The molecule has 158 valence electrons. The van der Waals surface area contributed by atoms with Gasteiger partial charge in [-0.3, -0.25) is 0 Å². The molecule has 2 atom stereocenters. The van der Waals surface area contributed by atoms with Crippen LogP contribution in [-0.4, -0.2) is 44.5 Å². The van der Waals surface area contributed by atoms with Gasteiger partial charge >= 0.3 is 0 Å². The van der Waals surface area contributed by atoms with E-state index >= 15 is 0 Å². The Labute approximate surface area is 175 Å². The average molecular weight is 439 g/mol. The highest BCUT2D eigenvalue weighted by Crippen LogP contribution is 2.46. The number of likely N-dealkylation sites (N-methyl/N-ethyl adjacent to an activating group) is 1. The molecule has 0 spiro atoms. The van der Waals surface area contributed by atoms with Crippen molar-refractivity contribution in [2.45, 2.75) is 67.2 Å². The summed E-state index contributed by atoms with van der Waals surface area (Å²) in [5.41, 5.74) is 0.826. The van der Waals surface area contributed by atoms with Crippen LogP contribution in [0.15, 0.2) is 28.6 Å². The van der Waals surface area contributed by atoms with Crippen LogP contribution in [0.25, 0.3) is 0 Å². The number of halogens is 1. The molecule has 0 aliphatic heterocycles. The maximum Gasteiger partial charge on any atom is 0.187 e. The van der Waals surface area contributed by atoms with Crippen molar-refractivity contribution in [2.75, 3.05) is 14.1 Å². The van der Waals surface area contributed by atoms with Crippen molar-refractivity contribution in [1.82, 2.24) is 9.88 Å². The third-order valence-corrected chi connectivity index (χ3v) is 8.42. The van der Waals surface area contributed by atoms with Crippen LogP contribution >= 0.6 is 11.3 Å². The van der Waals surface area contributed by atoms with Gasteiger partial charge in [-0.25, -0.2) is 17.8 Å². The number of thiazole rings is 1.